The summed E-state index contributed by atoms with van der Waals surface area (Å²) in [6, 6.07) is 18.9. The average Bonchev–Trinajstić information content (AvgIpc) is 3.88. The molecule has 5 aromatic rings. The third kappa shape index (κ3) is 9.24. The number of anilines is 2. The van der Waals surface area contributed by atoms with Gasteiger partial charge in [-0.2, -0.15) is 0 Å². The van der Waals surface area contributed by atoms with E-state index in [1.54, 1.807) is 36.5 Å². The van der Waals surface area contributed by atoms with Gasteiger partial charge in [-0.25, -0.2) is 9.97 Å². The van der Waals surface area contributed by atoms with Crippen molar-refractivity contribution in [2.75, 3.05) is 42.9 Å². The quantitative estimate of drug-likeness (QED) is 0.0784. The number of piperidine rings is 3. The van der Waals surface area contributed by atoms with Crippen LogP contribution in [0.3, 0.4) is 0 Å². The van der Waals surface area contributed by atoms with Crippen LogP contribution in [0.25, 0.3) is 11.0 Å². The average molecular weight is 926 g/mol. The molecule has 4 N–H and O–H groups in total. The van der Waals surface area contributed by atoms with Crippen molar-refractivity contribution in [1.29, 1.82) is 0 Å². The van der Waals surface area contributed by atoms with Crippen LogP contribution in [0.1, 0.15) is 101 Å². The number of likely N-dealkylation sites (tertiary alicyclic amines) is 1. The lowest BCUT2D eigenvalue weighted by Gasteiger charge is -2.38. The number of H-pyrrole nitrogens is 1. The number of halogens is 1. The topological polar surface area (TPSA) is 199 Å². The van der Waals surface area contributed by atoms with Gasteiger partial charge in [0.25, 0.3) is 11.8 Å². The molecule has 3 aromatic carbocycles. The highest BCUT2D eigenvalue weighted by atomic mass is 35.5. The Labute approximate surface area is 392 Å². The Morgan fingerprint density at radius 1 is 0.761 bits per heavy atom. The Kier molecular flexibility index (Phi) is 12.5. The first-order valence-corrected chi connectivity index (χ1v) is 23.7. The molecule has 1 aliphatic carbocycles. The molecule has 346 valence electrons. The predicted molar refractivity (Wildman–Crippen MR) is 250 cm³/mol. The molecule has 0 bridgehead atoms. The number of ketones is 1. The maximum absolute atomic E-state index is 13.9. The molecule has 1 saturated carbocycles. The van der Waals surface area contributed by atoms with E-state index in [0.29, 0.717) is 51.0 Å². The first-order chi connectivity index (χ1) is 32.6. The van der Waals surface area contributed by atoms with Gasteiger partial charge in [0.15, 0.2) is 5.78 Å². The Balaban J connectivity index is 0.662. The zero-order valence-corrected chi connectivity index (χ0v) is 37.7. The van der Waals surface area contributed by atoms with E-state index in [-0.39, 0.29) is 53.1 Å². The molecule has 5 aliphatic rings. The number of ether oxygens (including phenoxy) is 1. The molecule has 0 radical (unpaired) electrons. The second-order valence-electron chi connectivity index (χ2n) is 18.4. The molecule has 10 rings (SSSR count). The van der Waals surface area contributed by atoms with E-state index >= 15 is 0 Å². The van der Waals surface area contributed by atoms with Crippen molar-refractivity contribution in [1.82, 2.24) is 35.4 Å². The number of hydrogen-bond acceptors (Lipinski definition) is 12. The third-order valence-electron chi connectivity index (χ3n) is 14.2. The van der Waals surface area contributed by atoms with Crippen molar-refractivity contribution < 1.29 is 33.5 Å². The number of imide groups is 2. The molecular weight excluding hydrogens is 874 g/mol. The van der Waals surface area contributed by atoms with Gasteiger partial charge < -0.3 is 30.2 Å². The molecule has 5 amide bonds. The number of benzene rings is 3. The van der Waals surface area contributed by atoms with Gasteiger partial charge in [0.2, 0.25) is 17.7 Å². The van der Waals surface area contributed by atoms with Crippen molar-refractivity contribution in [2.45, 2.75) is 82.3 Å². The van der Waals surface area contributed by atoms with Gasteiger partial charge in [-0.3, -0.25) is 39.0 Å². The van der Waals surface area contributed by atoms with Crippen LogP contribution in [0.2, 0.25) is 5.02 Å². The van der Waals surface area contributed by atoms with E-state index in [1.165, 1.54) is 6.33 Å². The van der Waals surface area contributed by atoms with Crippen LogP contribution in [0.4, 0.5) is 11.5 Å². The first kappa shape index (κ1) is 44.2. The summed E-state index contributed by atoms with van der Waals surface area (Å²) in [5.74, 6) is 0.176. The van der Waals surface area contributed by atoms with Crippen LogP contribution in [0.15, 0.2) is 79.3 Å². The second kappa shape index (κ2) is 18.9. The minimum atomic E-state index is -0.983. The Hall–Kier alpha value is -6.65. The number of aromatic amines is 1. The number of carbonyl (C=O) groups excluding carboxylic acids is 6. The number of nitrogens with zero attached hydrogens (tertiary/aromatic N) is 5. The number of hydrogen-bond donors (Lipinski definition) is 4. The summed E-state index contributed by atoms with van der Waals surface area (Å²) in [6.07, 6.45) is 10.3. The molecule has 1 unspecified atom stereocenters. The van der Waals surface area contributed by atoms with E-state index in [2.05, 4.69) is 40.7 Å². The zero-order valence-electron chi connectivity index (χ0n) is 37.0. The monoisotopic (exact) mass is 925 g/mol. The van der Waals surface area contributed by atoms with Crippen molar-refractivity contribution in [3.8, 4) is 11.5 Å². The molecular formula is C50H52ClN9O7. The SMILES string of the molecule is O=C1CCC(N2C(=O)c3ccc(N4CCC(CN5CCC(C(=O)NC6CCC(Nc7ncnc8[nH]cc(C(=O)c9ccc(Oc%10ccccc%10)cc9Cl)c78)CC6)CC5)CC4)cc3C2=O)C(=O)N1. The van der Waals surface area contributed by atoms with Crippen LogP contribution in [-0.2, 0) is 14.4 Å². The fraction of sp³-hybridized carbons (Fsp3) is 0.400. The van der Waals surface area contributed by atoms with E-state index in [0.717, 1.165) is 94.7 Å². The fourth-order valence-corrected chi connectivity index (χ4v) is 10.7. The number of aromatic nitrogens is 3. The standard InChI is InChI=1S/C50H52ClN9O7/c51-40-25-35(67-34-4-2-1-3-5-34)11-13-37(40)44(62)39-26-52-45-43(39)46(54-28-53-45)55-31-6-8-32(9-7-31)56-47(63)30-18-20-58(21-19-30)27-29-16-22-59(23-17-29)33-10-12-36-38(24-33)50(66)60(49(36)65)41-14-15-42(61)57-48(41)64/h1-5,10-13,24-26,28-32,41H,6-9,14-23,27H2,(H,56,63)(H,57,61,64)(H2,52,53,54,55). The summed E-state index contributed by atoms with van der Waals surface area (Å²) in [5.41, 5.74) is 2.78. The molecule has 16 nitrogen and oxygen atoms in total. The summed E-state index contributed by atoms with van der Waals surface area (Å²) < 4.78 is 5.90. The molecule has 3 saturated heterocycles. The van der Waals surface area contributed by atoms with E-state index in [1.807, 2.05) is 36.4 Å². The number of carbonyl (C=O) groups is 6. The largest absolute Gasteiger partial charge is 0.457 e. The summed E-state index contributed by atoms with van der Waals surface area (Å²) in [6.45, 7) is 4.41. The number of nitrogens with one attached hydrogen (secondary N) is 4. The lowest BCUT2D eigenvalue weighted by atomic mass is 9.89. The molecule has 2 aromatic heterocycles. The smallest absolute Gasteiger partial charge is 0.262 e. The highest BCUT2D eigenvalue weighted by Crippen LogP contribution is 2.35. The zero-order chi connectivity index (χ0) is 46.2. The molecule has 4 aliphatic heterocycles. The maximum Gasteiger partial charge on any atom is 0.262 e. The van der Waals surface area contributed by atoms with E-state index < -0.39 is 29.7 Å². The Bertz CT molecular complexity index is 2740. The molecule has 67 heavy (non-hydrogen) atoms. The normalized spacial score (nSPS) is 21.9. The van der Waals surface area contributed by atoms with Crippen LogP contribution >= 0.6 is 11.6 Å². The van der Waals surface area contributed by atoms with Gasteiger partial charge in [-0.15, -0.1) is 0 Å². The van der Waals surface area contributed by atoms with E-state index in [9.17, 15) is 28.8 Å². The van der Waals surface area contributed by atoms with Crippen LogP contribution < -0.4 is 25.6 Å². The summed E-state index contributed by atoms with van der Waals surface area (Å²) in [4.78, 5) is 95.9. The lowest BCUT2D eigenvalue weighted by Crippen LogP contribution is -2.54. The summed E-state index contributed by atoms with van der Waals surface area (Å²) >= 11 is 6.64. The van der Waals surface area contributed by atoms with Gasteiger partial charge in [-0.05, 0) is 119 Å². The minimum absolute atomic E-state index is 0.00537. The maximum atomic E-state index is 13.9. The van der Waals surface area contributed by atoms with Gasteiger partial charge in [0, 0.05) is 67.6 Å². The van der Waals surface area contributed by atoms with E-state index in [4.69, 9.17) is 16.3 Å². The fourth-order valence-electron chi connectivity index (χ4n) is 10.4. The number of para-hydroxylation sites is 1. The van der Waals surface area contributed by atoms with Crippen LogP contribution in [0, 0.1) is 11.8 Å². The highest BCUT2D eigenvalue weighted by Gasteiger charge is 2.45. The first-order valence-electron chi connectivity index (χ1n) is 23.4. The number of rotatable bonds is 12. The molecule has 6 heterocycles. The van der Waals surface area contributed by atoms with Gasteiger partial charge in [0.1, 0.15) is 35.3 Å². The van der Waals surface area contributed by atoms with Crippen LogP contribution in [-0.4, -0.2) is 111 Å². The van der Waals surface area contributed by atoms with Crippen molar-refractivity contribution in [3.63, 3.8) is 0 Å². The molecule has 4 fully saturated rings. The molecule has 1 atom stereocenters. The lowest BCUT2D eigenvalue weighted by molar-refractivity contribution is -0.136. The minimum Gasteiger partial charge on any atom is -0.457 e. The predicted octanol–water partition coefficient (Wildman–Crippen LogP) is 6.50. The second-order valence-corrected chi connectivity index (χ2v) is 18.8. The highest BCUT2D eigenvalue weighted by molar-refractivity contribution is 6.36. The van der Waals surface area contributed by atoms with Gasteiger partial charge >= 0.3 is 0 Å². The number of amides is 5. The Morgan fingerprint density at radius 2 is 1.51 bits per heavy atom. The molecule has 17 heteroatoms. The van der Waals surface area contributed by atoms with Crippen molar-refractivity contribution in [3.05, 3.63) is 107 Å². The van der Waals surface area contributed by atoms with Gasteiger partial charge in [-0.1, -0.05) is 29.8 Å². The van der Waals surface area contributed by atoms with Gasteiger partial charge in [0.05, 0.1) is 27.1 Å². The summed E-state index contributed by atoms with van der Waals surface area (Å²) in [7, 11) is 0. The molecule has 0 spiro atoms. The number of fused-ring (bicyclic) bond motifs is 2. The summed E-state index contributed by atoms with van der Waals surface area (Å²) in [5, 5.41) is 10.1. The Morgan fingerprint density at radius 3 is 2.25 bits per heavy atom. The third-order valence-corrected chi connectivity index (χ3v) is 14.5. The van der Waals surface area contributed by atoms with Crippen molar-refractivity contribution >= 4 is 69.5 Å². The van der Waals surface area contributed by atoms with Crippen molar-refractivity contribution in [2.24, 2.45) is 11.8 Å². The van der Waals surface area contributed by atoms with Crippen LogP contribution in [0.5, 0.6) is 11.5 Å².